The van der Waals surface area contributed by atoms with Gasteiger partial charge in [-0.2, -0.15) is 5.10 Å². The number of aryl methyl sites for hydroxylation is 5. The molecule has 8 nitrogen and oxygen atoms in total. The Hall–Kier alpha value is -3.42. The summed E-state index contributed by atoms with van der Waals surface area (Å²) in [5.74, 6) is 0.894. The van der Waals surface area contributed by atoms with Crippen LogP contribution in [0.1, 0.15) is 52.3 Å². The molecule has 3 heterocycles. The van der Waals surface area contributed by atoms with Crippen molar-refractivity contribution in [3.63, 3.8) is 0 Å². The zero-order valence-electron chi connectivity index (χ0n) is 18.5. The first kappa shape index (κ1) is 21.8. The number of carbonyl (C=O) groups is 1. The van der Waals surface area contributed by atoms with Crippen molar-refractivity contribution in [2.75, 3.05) is 0 Å². The molecule has 1 aliphatic rings. The molecule has 0 fully saturated rings. The van der Waals surface area contributed by atoms with Crippen molar-refractivity contribution in [3.05, 3.63) is 85.6 Å². The van der Waals surface area contributed by atoms with Crippen LogP contribution in [0, 0.1) is 6.92 Å². The van der Waals surface area contributed by atoms with Gasteiger partial charge in [-0.3, -0.25) is 9.36 Å². The fourth-order valence-electron chi connectivity index (χ4n) is 4.28. The van der Waals surface area contributed by atoms with E-state index in [1.165, 1.54) is 10.2 Å². The minimum Gasteiger partial charge on any atom is -0.427 e. The highest BCUT2D eigenvalue weighted by Crippen LogP contribution is 2.14. The smallest absolute Gasteiger partial charge is 0.349 e. The van der Waals surface area contributed by atoms with Gasteiger partial charge in [0, 0.05) is 32.5 Å². The Kier molecular flexibility index (Phi) is 6.39. The summed E-state index contributed by atoms with van der Waals surface area (Å²) in [6.45, 7) is 2.25. The zero-order chi connectivity index (χ0) is 22.7. The van der Waals surface area contributed by atoms with Crippen molar-refractivity contribution in [1.29, 1.82) is 0 Å². The second kappa shape index (κ2) is 9.38. The minimum atomic E-state index is -0.604. The molecule has 1 N–H and O–H groups in total. The fourth-order valence-corrected chi connectivity index (χ4v) is 4.28. The van der Waals surface area contributed by atoms with E-state index >= 15 is 0 Å². The largest absolute Gasteiger partial charge is 0.427 e. The van der Waals surface area contributed by atoms with Crippen molar-refractivity contribution in [2.45, 2.75) is 58.0 Å². The lowest BCUT2D eigenvalue weighted by molar-refractivity contribution is 0.0927. The van der Waals surface area contributed by atoms with Gasteiger partial charge in [-0.1, -0.05) is 30.3 Å². The molecule has 1 aliphatic heterocycles. The lowest BCUT2D eigenvalue weighted by Gasteiger charge is -2.16. The van der Waals surface area contributed by atoms with Crippen LogP contribution in [0.5, 0.6) is 0 Å². The molecule has 3 aromatic rings. The van der Waals surface area contributed by atoms with Gasteiger partial charge in [0.2, 0.25) is 0 Å². The van der Waals surface area contributed by atoms with E-state index in [2.05, 4.69) is 22.5 Å². The number of fused-ring (bicyclic) bond motifs is 1. The SMILES string of the molecule is Cc1cc(CCCc2ccccc2)oc(=O)c1C(=O)NC1CCc2nn(C)c(=O)n2CC1. The van der Waals surface area contributed by atoms with E-state index in [-0.39, 0.29) is 17.3 Å². The molecule has 32 heavy (non-hydrogen) atoms. The molecule has 0 aliphatic carbocycles. The summed E-state index contributed by atoms with van der Waals surface area (Å²) in [6, 6.07) is 11.8. The molecular formula is C24H28N4O4. The molecule has 1 amide bonds. The molecule has 0 saturated carbocycles. The van der Waals surface area contributed by atoms with Crippen LogP contribution in [0.15, 0.2) is 50.4 Å². The van der Waals surface area contributed by atoms with Gasteiger partial charge < -0.3 is 9.73 Å². The van der Waals surface area contributed by atoms with E-state index in [0.717, 1.165) is 18.7 Å². The number of nitrogens with zero attached hydrogens (tertiary/aromatic N) is 3. The van der Waals surface area contributed by atoms with Gasteiger partial charge >= 0.3 is 11.3 Å². The average molecular weight is 437 g/mol. The molecule has 2 aromatic heterocycles. The number of nitrogens with one attached hydrogen (secondary N) is 1. The summed E-state index contributed by atoms with van der Waals surface area (Å²) >= 11 is 0. The number of aromatic nitrogens is 3. The number of hydrogen-bond donors (Lipinski definition) is 1. The first-order valence-corrected chi connectivity index (χ1v) is 11.0. The van der Waals surface area contributed by atoms with Gasteiger partial charge in [0.1, 0.15) is 17.1 Å². The van der Waals surface area contributed by atoms with Crippen LogP contribution in [-0.4, -0.2) is 26.3 Å². The normalized spacial score (nSPS) is 15.8. The van der Waals surface area contributed by atoms with Crippen LogP contribution < -0.4 is 16.6 Å². The average Bonchev–Trinajstić information content (AvgIpc) is 2.90. The molecule has 1 unspecified atom stereocenters. The van der Waals surface area contributed by atoms with Crippen LogP contribution >= 0.6 is 0 Å². The molecule has 0 bridgehead atoms. The minimum absolute atomic E-state index is 0.0507. The van der Waals surface area contributed by atoms with Crippen LogP contribution in [0.3, 0.4) is 0 Å². The van der Waals surface area contributed by atoms with E-state index in [0.29, 0.717) is 43.6 Å². The molecule has 1 atom stereocenters. The first-order chi connectivity index (χ1) is 15.4. The van der Waals surface area contributed by atoms with Gasteiger partial charge in [-0.25, -0.2) is 14.3 Å². The van der Waals surface area contributed by atoms with Crippen LogP contribution in [0.4, 0.5) is 0 Å². The Morgan fingerprint density at radius 2 is 1.97 bits per heavy atom. The number of amides is 1. The van der Waals surface area contributed by atoms with Crippen molar-refractivity contribution in [1.82, 2.24) is 19.7 Å². The van der Waals surface area contributed by atoms with E-state index in [1.54, 1.807) is 24.6 Å². The zero-order valence-corrected chi connectivity index (χ0v) is 18.5. The Bertz CT molecular complexity index is 1220. The molecule has 0 radical (unpaired) electrons. The van der Waals surface area contributed by atoms with Crippen molar-refractivity contribution < 1.29 is 9.21 Å². The van der Waals surface area contributed by atoms with E-state index in [1.807, 2.05) is 18.2 Å². The molecule has 1 aromatic carbocycles. The summed E-state index contributed by atoms with van der Waals surface area (Å²) in [5.41, 5.74) is 1.16. The molecule has 4 rings (SSSR count). The summed E-state index contributed by atoms with van der Waals surface area (Å²) in [6.07, 6.45) is 4.24. The summed E-state index contributed by atoms with van der Waals surface area (Å²) in [5, 5.41) is 7.20. The fraction of sp³-hybridized carbons (Fsp3) is 0.417. The Morgan fingerprint density at radius 1 is 1.19 bits per heavy atom. The van der Waals surface area contributed by atoms with Crippen LogP contribution in [0.2, 0.25) is 0 Å². The second-order valence-corrected chi connectivity index (χ2v) is 8.37. The quantitative estimate of drug-likeness (QED) is 0.638. The number of rotatable bonds is 6. The highest BCUT2D eigenvalue weighted by Gasteiger charge is 2.24. The Balaban J connectivity index is 1.38. The van der Waals surface area contributed by atoms with Crippen LogP contribution in [-0.2, 0) is 32.9 Å². The molecule has 8 heteroatoms. The van der Waals surface area contributed by atoms with Crippen molar-refractivity contribution in [3.8, 4) is 0 Å². The van der Waals surface area contributed by atoms with Crippen LogP contribution in [0.25, 0.3) is 0 Å². The van der Waals surface area contributed by atoms with Crippen molar-refractivity contribution >= 4 is 5.91 Å². The molecule has 0 spiro atoms. The predicted molar refractivity (Wildman–Crippen MR) is 120 cm³/mol. The molecule has 168 valence electrons. The summed E-state index contributed by atoms with van der Waals surface area (Å²) in [4.78, 5) is 37.5. The lowest BCUT2D eigenvalue weighted by atomic mass is 10.0. The Morgan fingerprint density at radius 3 is 2.72 bits per heavy atom. The second-order valence-electron chi connectivity index (χ2n) is 8.37. The summed E-state index contributed by atoms with van der Waals surface area (Å²) < 4.78 is 8.44. The standard InChI is InChI=1S/C24H28N4O4/c1-16-15-19(10-6-9-17-7-4-3-5-8-17)32-23(30)21(16)22(29)25-18-11-12-20-26-27(2)24(31)28(20)14-13-18/h3-5,7-8,15,18H,6,9-14H2,1-2H3,(H,25,29). The highest BCUT2D eigenvalue weighted by molar-refractivity contribution is 5.95. The monoisotopic (exact) mass is 436 g/mol. The van der Waals surface area contributed by atoms with Gasteiger partial charge in [0.15, 0.2) is 0 Å². The van der Waals surface area contributed by atoms with Gasteiger partial charge in [0.25, 0.3) is 5.91 Å². The van der Waals surface area contributed by atoms with Gasteiger partial charge in [-0.05, 0) is 49.8 Å². The first-order valence-electron chi connectivity index (χ1n) is 11.0. The van der Waals surface area contributed by atoms with Crippen molar-refractivity contribution in [2.24, 2.45) is 7.05 Å². The number of hydrogen-bond acceptors (Lipinski definition) is 5. The third-order valence-corrected chi connectivity index (χ3v) is 6.00. The lowest BCUT2D eigenvalue weighted by Crippen LogP contribution is -2.38. The van der Waals surface area contributed by atoms with Gasteiger partial charge in [0.05, 0.1) is 0 Å². The predicted octanol–water partition coefficient (Wildman–Crippen LogP) is 2.15. The topological polar surface area (TPSA) is 99.1 Å². The maximum atomic E-state index is 12.9. The third kappa shape index (κ3) is 4.74. The maximum absolute atomic E-state index is 12.9. The highest BCUT2D eigenvalue weighted by atomic mass is 16.4. The Labute approximate surface area is 185 Å². The number of benzene rings is 1. The maximum Gasteiger partial charge on any atom is 0.349 e. The molecule has 0 saturated heterocycles. The van der Waals surface area contributed by atoms with E-state index in [9.17, 15) is 14.4 Å². The van der Waals surface area contributed by atoms with E-state index < -0.39 is 11.5 Å². The summed E-state index contributed by atoms with van der Waals surface area (Å²) in [7, 11) is 1.64. The van der Waals surface area contributed by atoms with Gasteiger partial charge in [-0.15, -0.1) is 0 Å². The third-order valence-electron chi connectivity index (χ3n) is 6.00. The van der Waals surface area contributed by atoms with E-state index in [4.69, 9.17) is 4.42 Å². The number of carbonyl (C=O) groups excluding carboxylic acids is 1. The molecular weight excluding hydrogens is 408 g/mol.